The minimum absolute atomic E-state index is 0. The van der Waals surface area contributed by atoms with Crippen molar-refractivity contribution in [2.75, 3.05) is 0 Å². The molecule has 0 unspecified atom stereocenters. The van der Waals surface area contributed by atoms with E-state index < -0.39 is 48.6 Å². The third-order valence-electron chi connectivity index (χ3n) is 0. The number of hydrogen-bond donors (Lipinski definition) is 0. The molecule has 0 spiro atoms. The molecule has 0 N–H and O–H groups in total. The third-order valence-corrected chi connectivity index (χ3v) is 0. The molecule has 0 rings (SSSR count). The van der Waals surface area contributed by atoms with Gasteiger partial charge in [0, 0.05) is 20.8 Å². The van der Waals surface area contributed by atoms with Gasteiger partial charge in [-0.1, -0.05) is 0 Å². The molecule has 0 amide bonds. The van der Waals surface area contributed by atoms with Crippen molar-refractivity contribution in [1.29, 1.82) is 0 Å². The van der Waals surface area contributed by atoms with Gasteiger partial charge in [0.1, 0.15) is 0 Å². The van der Waals surface area contributed by atoms with Crippen LogP contribution in [-0.2, 0) is 25.3 Å². The summed E-state index contributed by atoms with van der Waals surface area (Å²) < 4.78 is 85.3. The van der Waals surface area contributed by atoms with Crippen LogP contribution < -0.4 is 103 Å². The quantitative estimate of drug-likeness (QED) is 0.162. The van der Waals surface area contributed by atoms with Crippen molar-refractivity contribution in [2.45, 2.75) is 0 Å². The van der Waals surface area contributed by atoms with Gasteiger partial charge in [0.05, 0.1) is 0 Å². The summed E-state index contributed by atoms with van der Waals surface area (Å²) in [5.41, 5.74) is 0. The topological polar surface area (TPSA) is 195 Å². The number of rotatable bonds is 0. The first-order valence-corrected chi connectivity index (χ1v) is 7.81. The van der Waals surface area contributed by atoms with E-state index in [9.17, 15) is 0 Å². The van der Waals surface area contributed by atoms with Gasteiger partial charge in [-0.15, -0.1) is 0 Å². The predicted molar refractivity (Wildman–Crippen MR) is 22.3 cm³/mol. The van der Waals surface area contributed by atoms with Crippen LogP contribution in [0.1, 0.15) is 0 Å². The van der Waals surface area contributed by atoms with E-state index in [1.54, 1.807) is 0 Å². The summed E-state index contributed by atoms with van der Waals surface area (Å²) in [6, 6.07) is 0. The van der Waals surface area contributed by atoms with Crippen molar-refractivity contribution < 1.29 is 170 Å². The summed E-state index contributed by atoms with van der Waals surface area (Å²) in [6.07, 6.45) is 0. The van der Waals surface area contributed by atoms with Gasteiger partial charge >= 0.3 is 135 Å². The zero-order chi connectivity index (χ0) is 11.7. The van der Waals surface area contributed by atoms with Crippen molar-refractivity contribution in [3.8, 4) is 0 Å². The summed E-state index contributed by atoms with van der Waals surface area (Å²) >= 11 is -2.51. The molecule has 0 aliphatic carbocycles. The van der Waals surface area contributed by atoms with Gasteiger partial charge < -0.3 is 18.2 Å². The van der Waals surface area contributed by atoms with Crippen LogP contribution in [0.25, 0.3) is 0 Å². The molecular formula is K2O10S2U. The summed E-state index contributed by atoms with van der Waals surface area (Å²) in [6.45, 7) is 0. The van der Waals surface area contributed by atoms with E-state index in [-0.39, 0.29) is 103 Å². The van der Waals surface area contributed by atoms with Crippen LogP contribution in [0, 0.1) is 27.8 Å². The van der Waals surface area contributed by atoms with E-state index in [4.69, 9.17) is 39.5 Å². The van der Waals surface area contributed by atoms with Crippen LogP contribution in [0.4, 0.5) is 0 Å². The van der Waals surface area contributed by atoms with Gasteiger partial charge in [-0.25, -0.2) is 0 Å². The average Bonchev–Trinajstić information content (AvgIpc) is 1.52. The molecule has 0 bridgehead atoms. The second kappa shape index (κ2) is 17.7. The zero-order valence-electron chi connectivity index (χ0n) is 7.40. The fraction of sp³-hybridized carbons (Fsp3) is 0. The maximum absolute atomic E-state index is 8.58. The maximum atomic E-state index is 8.58. The van der Waals surface area contributed by atoms with Gasteiger partial charge in [0.25, 0.3) is 0 Å². The van der Waals surface area contributed by atoms with Crippen LogP contribution in [0.2, 0.25) is 0 Å². The molecule has 0 heterocycles. The average molecular weight is 540 g/mol. The summed E-state index contributed by atoms with van der Waals surface area (Å²) in [4.78, 5) is 0. The van der Waals surface area contributed by atoms with Gasteiger partial charge in [-0.05, 0) is 0 Å². The molecule has 10 nitrogen and oxygen atoms in total. The summed E-state index contributed by atoms with van der Waals surface area (Å²) in [5.74, 6) is 0. The Kier molecular flexibility index (Phi) is 36.7. The van der Waals surface area contributed by atoms with E-state index in [1.165, 1.54) is 0 Å². The molecule has 0 saturated heterocycles. The molecule has 0 aromatic carbocycles. The SMILES string of the molecule is O=S(=O)([O-])[O-].O=S(=O)([O-])[O-].[K+].[K+].[O]=[U+2]=[O]. The van der Waals surface area contributed by atoms with Crippen molar-refractivity contribution in [1.82, 2.24) is 0 Å². The Morgan fingerprint density at radius 3 is 0.667 bits per heavy atom. The molecule has 78 valence electrons. The van der Waals surface area contributed by atoms with Gasteiger partial charge in [0.2, 0.25) is 0 Å². The Balaban J connectivity index is -0.0000000322. The fourth-order valence-electron chi connectivity index (χ4n) is 0. The summed E-state index contributed by atoms with van der Waals surface area (Å²) in [7, 11) is -10.3. The second-order valence-electron chi connectivity index (χ2n) is 0.900. The van der Waals surface area contributed by atoms with Gasteiger partial charge in [0.15, 0.2) is 0 Å². The first-order chi connectivity index (χ1) is 5.41. The van der Waals surface area contributed by atoms with Crippen molar-refractivity contribution in [2.24, 2.45) is 0 Å². The van der Waals surface area contributed by atoms with Gasteiger partial charge in [-0.2, -0.15) is 0 Å². The van der Waals surface area contributed by atoms with Gasteiger partial charge in [-0.3, -0.25) is 16.8 Å². The van der Waals surface area contributed by atoms with Crippen molar-refractivity contribution >= 4 is 20.8 Å². The standard InChI is InChI=1S/2K.2H2O4S.2O.U/c;;2*1-5(2,3)4;;;/h;;2*(H2,1,2,3,4);;;/q2*+1;;;;;+2/p-4. The van der Waals surface area contributed by atoms with E-state index >= 15 is 0 Å². The van der Waals surface area contributed by atoms with Crippen LogP contribution in [0.15, 0.2) is 0 Å². The molecule has 0 fully saturated rings. The van der Waals surface area contributed by atoms with E-state index in [2.05, 4.69) is 0 Å². The molecule has 15 heavy (non-hydrogen) atoms. The van der Waals surface area contributed by atoms with Crippen molar-refractivity contribution in [3.05, 3.63) is 0 Å². The van der Waals surface area contributed by atoms with Crippen LogP contribution >= 0.6 is 0 Å². The minimum atomic E-state index is -5.17. The molecule has 0 radical (unpaired) electrons. The Bertz CT molecular complexity index is 286. The molecule has 0 saturated carbocycles. The fourth-order valence-corrected chi connectivity index (χ4v) is 0. The number of hydrogen-bond acceptors (Lipinski definition) is 10. The van der Waals surface area contributed by atoms with Crippen LogP contribution in [-0.4, -0.2) is 35.0 Å². The van der Waals surface area contributed by atoms with E-state index in [0.717, 1.165) is 0 Å². The van der Waals surface area contributed by atoms with Crippen LogP contribution in [0.5, 0.6) is 0 Å². The van der Waals surface area contributed by atoms with Crippen LogP contribution in [0.3, 0.4) is 0 Å². The Morgan fingerprint density at radius 1 is 0.667 bits per heavy atom. The first kappa shape index (κ1) is 31.2. The third kappa shape index (κ3) is 323. The Morgan fingerprint density at radius 2 is 0.667 bits per heavy atom. The van der Waals surface area contributed by atoms with Crippen molar-refractivity contribution in [3.63, 3.8) is 0 Å². The molecular weight excluding hydrogens is 540 g/mol. The zero-order valence-corrected chi connectivity index (χ0v) is 19.4. The molecule has 0 aromatic rings. The Hall–Kier alpha value is 3.66. The molecule has 0 aromatic heterocycles. The van der Waals surface area contributed by atoms with E-state index in [0.29, 0.717) is 0 Å². The molecule has 0 aliphatic rings. The second-order valence-corrected chi connectivity index (χ2v) is 3.23. The van der Waals surface area contributed by atoms with E-state index in [1.807, 2.05) is 0 Å². The Labute approximate surface area is 186 Å². The normalized spacial score (nSPS) is 8.27. The predicted octanol–water partition coefficient (Wildman–Crippen LogP) is -8.91. The monoisotopic (exact) mass is 540 g/mol. The molecule has 0 aliphatic heterocycles. The summed E-state index contributed by atoms with van der Waals surface area (Å²) in [5, 5.41) is 0. The molecule has 15 heteroatoms. The first-order valence-electron chi connectivity index (χ1n) is 1.74. The molecule has 0 atom stereocenters.